The van der Waals surface area contributed by atoms with E-state index in [1.54, 1.807) is 11.3 Å². The van der Waals surface area contributed by atoms with Crippen molar-refractivity contribution in [3.05, 3.63) is 36.4 Å². The Labute approximate surface area is 97.1 Å². The molecule has 0 saturated heterocycles. The van der Waals surface area contributed by atoms with Crippen molar-refractivity contribution in [1.29, 1.82) is 0 Å². The molecule has 0 bridgehead atoms. The van der Waals surface area contributed by atoms with Crippen LogP contribution >= 0.6 is 11.3 Å². The molecule has 0 spiro atoms. The van der Waals surface area contributed by atoms with Gasteiger partial charge in [0.25, 0.3) is 0 Å². The number of nitrogens with zero attached hydrogens (tertiary/aromatic N) is 1. The van der Waals surface area contributed by atoms with Crippen molar-refractivity contribution in [2.24, 2.45) is 0 Å². The van der Waals surface area contributed by atoms with Gasteiger partial charge in [-0.05, 0) is 17.5 Å². The number of nitrogens with one attached hydrogen (secondary N) is 2. The van der Waals surface area contributed by atoms with Gasteiger partial charge in [0.1, 0.15) is 5.82 Å². The lowest BCUT2D eigenvalue weighted by Gasteiger charge is -1.87. The second-order valence-corrected chi connectivity index (χ2v) is 4.65. The highest BCUT2D eigenvalue weighted by Gasteiger charge is 2.06. The second-order valence-electron chi connectivity index (χ2n) is 3.57. The lowest BCUT2D eigenvalue weighted by atomic mass is 10.2. The molecule has 80 valence electrons. The van der Waals surface area contributed by atoms with E-state index in [1.165, 1.54) is 15.0 Å². The molecule has 0 saturated carbocycles. The van der Waals surface area contributed by atoms with E-state index in [2.05, 4.69) is 45.8 Å². The van der Waals surface area contributed by atoms with Crippen LogP contribution in [0.25, 0.3) is 20.7 Å². The highest BCUT2D eigenvalue weighted by molar-refractivity contribution is 7.22. The highest BCUT2D eigenvalue weighted by atomic mass is 32.1. The van der Waals surface area contributed by atoms with Gasteiger partial charge in [-0.3, -0.25) is 5.10 Å². The summed E-state index contributed by atoms with van der Waals surface area (Å²) in [5.41, 5.74) is 1.06. The average Bonchev–Trinajstić information content (AvgIpc) is 2.95. The summed E-state index contributed by atoms with van der Waals surface area (Å²) in [6.45, 7) is 0. The average molecular weight is 229 g/mol. The molecule has 0 fully saturated rings. The Balaban J connectivity index is 2.11. The fourth-order valence-corrected chi connectivity index (χ4v) is 2.72. The number of aromatic nitrogens is 2. The monoisotopic (exact) mass is 229 g/mol. The third-order valence-corrected chi connectivity index (χ3v) is 3.67. The number of thiophene rings is 1. The minimum absolute atomic E-state index is 0.868. The Bertz CT molecular complexity index is 591. The molecule has 2 N–H and O–H groups in total. The van der Waals surface area contributed by atoms with Gasteiger partial charge in [-0.15, -0.1) is 11.3 Å². The van der Waals surface area contributed by atoms with E-state index >= 15 is 0 Å². The Morgan fingerprint density at radius 1 is 1.25 bits per heavy atom. The fraction of sp³-hybridized carbons (Fsp3) is 0.0833. The van der Waals surface area contributed by atoms with Crippen LogP contribution in [-0.4, -0.2) is 17.2 Å². The predicted molar refractivity (Wildman–Crippen MR) is 69.0 cm³/mol. The van der Waals surface area contributed by atoms with Gasteiger partial charge in [-0.25, -0.2) is 0 Å². The molecule has 0 unspecified atom stereocenters. The molecule has 0 radical (unpaired) electrons. The van der Waals surface area contributed by atoms with E-state index in [0.29, 0.717) is 0 Å². The molecule has 0 aliphatic carbocycles. The molecule has 16 heavy (non-hydrogen) atoms. The number of aromatic amines is 1. The van der Waals surface area contributed by atoms with Crippen LogP contribution in [0, 0.1) is 0 Å². The summed E-state index contributed by atoms with van der Waals surface area (Å²) >= 11 is 1.78. The zero-order valence-corrected chi connectivity index (χ0v) is 9.64. The largest absolute Gasteiger partial charge is 0.372 e. The fourth-order valence-electron chi connectivity index (χ4n) is 1.69. The molecule has 0 amide bonds. The van der Waals surface area contributed by atoms with Crippen molar-refractivity contribution in [2.75, 3.05) is 12.4 Å². The summed E-state index contributed by atoms with van der Waals surface area (Å²) in [6, 6.07) is 12.6. The molecule has 0 aliphatic heterocycles. The molecule has 2 aromatic heterocycles. The maximum Gasteiger partial charge on any atom is 0.148 e. The number of hydrogen-bond acceptors (Lipinski definition) is 3. The van der Waals surface area contributed by atoms with Gasteiger partial charge in [0, 0.05) is 17.8 Å². The van der Waals surface area contributed by atoms with Gasteiger partial charge >= 0.3 is 0 Å². The minimum atomic E-state index is 0.868. The van der Waals surface area contributed by atoms with Gasteiger partial charge in [-0.2, -0.15) is 5.10 Å². The van der Waals surface area contributed by atoms with E-state index in [4.69, 9.17) is 0 Å². The zero-order chi connectivity index (χ0) is 11.0. The molecule has 2 heterocycles. The maximum absolute atomic E-state index is 4.15. The number of fused-ring (bicyclic) bond motifs is 1. The van der Waals surface area contributed by atoms with Crippen LogP contribution in [0.5, 0.6) is 0 Å². The number of benzene rings is 1. The number of H-pyrrole nitrogens is 1. The third kappa shape index (κ3) is 1.47. The molecular formula is C12H11N3S. The molecule has 4 heteroatoms. The van der Waals surface area contributed by atoms with Crippen LogP contribution < -0.4 is 5.32 Å². The highest BCUT2D eigenvalue weighted by Crippen LogP contribution is 2.32. The first kappa shape index (κ1) is 9.42. The first-order chi connectivity index (χ1) is 7.86. The van der Waals surface area contributed by atoms with E-state index in [1.807, 2.05) is 13.1 Å². The van der Waals surface area contributed by atoms with Crippen molar-refractivity contribution in [1.82, 2.24) is 10.2 Å². The smallest absolute Gasteiger partial charge is 0.148 e. The van der Waals surface area contributed by atoms with Crippen LogP contribution in [0.4, 0.5) is 5.82 Å². The second kappa shape index (κ2) is 3.64. The van der Waals surface area contributed by atoms with Gasteiger partial charge in [0.2, 0.25) is 0 Å². The topological polar surface area (TPSA) is 40.7 Å². The van der Waals surface area contributed by atoms with E-state index in [9.17, 15) is 0 Å². The molecule has 3 nitrogen and oxygen atoms in total. The van der Waals surface area contributed by atoms with Crippen molar-refractivity contribution in [3.63, 3.8) is 0 Å². The summed E-state index contributed by atoms with van der Waals surface area (Å²) in [7, 11) is 1.87. The summed E-state index contributed by atoms with van der Waals surface area (Å²) in [5.74, 6) is 0.868. The molecule has 3 rings (SSSR count). The van der Waals surface area contributed by atoms with Crippen LogP contribution in [0.15, 0.2) is 36.4 Å². The lowest BCUT2D eigenvalue weighted by Crippen LogP contribution is -1.85. The quantitative estimate of drug-likeness (QED) is 0.707. The molecule has 1 aromatic carbocycles. The SMILES string of the molecule is CNc1cc(-c2cc3ccccc3s2)[nH]n1. The van der Waals surface area contributed by atoms with E-state index in [0.717, 1.165) is 11.5 Å². The van der Waals surface area contributed by atoms with Crippen LogP contribution in [0.2, 0.25) is 0 Å². The van der Waals surface area contributed by atoms with Crippen molar-refractivity contribution in [2.45, 2.75) is 0 Å². The normalized spacial score (nSPS) is 10.8. The van der Waals surface area contributed by atoms with Crippen molar-refractivity contribution in [3.8, 4) is 10.6 Å². The summed E-state index contributed by atoms with van der Waals surface area (Å²) < 4.78 is 1.30. The Morgan fingerprint density at radius 2 is 2.12 bits per heavy atom. The van der Waals surface area contributed by atoms with Crippen molar-refractivity contribution >= 4 is 27.2 Å². The standard InChI is InChI=1S/C12H11N3S/c1-13-12-7-9(14-15-12)11-6-8-4-2-3-5-10(8)16-11/h2-7H,1H3,(H2,13,14,15). The van der Waals surface area contributed by atoms with Crippen LogP contribution in [0.1, 0.15) is 0 Å². The predicted octanol–water partition coefficient (Wildman–Crippen LogP) is 3.33. The Morgan fingerprint density at radius 3 is 2.88 bits per heavy atom. The Hall–Kier alpha value is -1.81. The maximum atomic E-state index is 4.15. The number of rotatable bonds is 2. The number of anilines is 1. The summed E-state index contributed by atoms with van der Waals surface area (Å²) in [6.07, 6.45) is 0. The van der Waals surface area contributed by atoms with Crippen molar-refractivity contribution < 1.29 is 0 Å². The molecular weight excluding hydrogens is 218 g/mol. The summed E-state index contributed by atoms with van der Waals surface area (Å²) in [4.78, 5) is 1.22. The van der Waals surface area contributed by atoms with Gasteiger partial charge in [0.05, 0.1) is 10.6 Å². The van der Waals surface area contributed by atoms with Gasteiger partial charge in [0.15, 0.2) is 0 Å². The van der Waals surface area contributed by atoms with E-state index in [-0.39, 0.29) is 0 Å². The zero-order valence-electron chi connectivity index (χ0n) is 8.82. The first-order valence-corrected chi connectivity index (χ1v) is 5.90. The Kier molecular flexibility index (Phi) is 2.15. The molecule has 0 atom stereocenters. The van der Waals surface area contributed by atoms with Gasteiger partial charge < -0.3 is 5.32 Å². The van der Waals surface area contributed by atoms with E-state index < -0.39 is 0 Å². The van der Waals surface area contributed by atoms with Crippen LogP contribution in [0.3, 0.4) is 0 Å². The molecule has 0 aliphatic rings. The lowest BCUT2D eigenvalue weighted by molar-refractivity contribution is 1.09. The third-order valence-electron chi connectivity index (χ3n) is 2.52. The summed E-state index contributed by atoms with van der Waals surface area (Å²) in [5, 5.41) is 11.5. The minimum Gasteiger partial charge on any atom is -0.372 e. The van der Waals surface area contributed by atoms with Gasteiger partial charge in [-0.1, -0.05) is 18.2 Å². The molecule has 3 aromatic rings. The van der Waals surface area contributed by atoms with Crippen LogP contribution in [-0.2, 0) is 0 Å². The number of hydrogen-bond donors (Lipinski definition) is 2. The first-order valence-electron chi connectivity index (χ1n) is 5.09.